The maximum Gasteiger partial charge on any atom is 0.171 e. The van der Waals surface area contributed by atoms with Crippen LogP contribution in [0.15, 0.2) is 35.7 Å². The van der Waals surface area contributed by atoms with Crippen molar-refractivity contribution < 1.29 is 4.74 Å². The van der Waals surface area contributed by atoms with Gasteiger partial charge in [0.1, 0.15) is 5.01 Å². The highest BCUT2D eigenvalue weighted by molar-refractivity contribution is 7.09. The highest BCUT2D eigenvalue weighted by Gasteiger charge is 2.58. The molecule has 2 nitrogen and oxygen atoms in total. The lowest BCUT2D eigenvalue weighted by Gasteiger charge is -2.09. The molecule has 2 atom stereocenters. The smallest absolute Gasteiger partial charge is 0.171 e. The first kappa shape index (κ1) is 10.00. The van der Waals surface area contributed by atoms with Crippen LogP contribution >= 0.6 is 11.3 Å². The van der Waals surface area contributed by atoms with Gasteiger partial charge in [0.05, 0.1) is 6.10 Å². The molecule has 0 spiro atoms. The fourth-order valence-corrected chi connectivity index (χ4v) is 3.14. The maximum absolute atomic E-state index is 5.84. The van der Waals surface area contributed by atoms with Gasteiger partial charge in [-0.3, -0.25) is 0 Å². The number of nitrogens with zero attached hydrogens (tertiary/aromatic N) is 1. The van der Waals surface area contributed by atoms with Gasteiger partial charge in [-0.25, -0.2) is 4.98 Å². The second-order valence-electron chi connectivity index (χ2n) is 4.16. The van der Waals surface area contributed by atoms with E-state index in [1.165, 1.54) is 5.56 Å². The Morgan fingerprint density at radius 1 is 1.31 bits per heavy atom. The molecule has 0 N–H and O–H groups in total. The summed E-state index contributed by atoms with van der Waals surface area (Å²) >= 11 is 1.68. The Balaban J connectivity index is 2.09. The lowest BCUT2D eigenvalue weighted by molar-refractivity contribution is 0.331. The fraction of sp³-hybridized carbons (Fsp3) is 0.308. The van der Waals surface area contributed by atoms with Gasteiger partial charge < -0.3 is 4.74 Å². The van der Waals surface area contributed by atoms with E-state index >= 15 is 0 Å². The molecule has 0 saturated carbocycles. The molecule has 0 amide bonds. The zero-order valence-corrected chi connectivity index (χ0v) is 10.1. The van der Waals surface area contributed by atoms with E-state index < -0.39 is 0 Å². The first-order valence-electron chi connectivity index (χ1n) is 5.39. The van der Waals surface area contributed by atoms with Crippen molar-refractivity contribution in [2.75, 3.05) is 0 Å². The molecular weight excluding hydrogens is 218 g/mol. The van der Waals surface area contributed by atoms with E-state index in [2.05, 4.69) is 29.4 Å². The Morgan fingerprint density at radius 3 is 2.50 bits per heavy atom. The van der Waals surface area contributed by atoms with Gasteiger partial charge >= 0.3 is 0 Å². The predicted molar refractivity (Wildman–Crippen MR) is 64.6 cm³/mol. The summed E-state index contributed by atoms with van der Waals surface area (Å²) in [6, 6.07) is 10.3. The van der Waals surface area contributed by atoms with E-state index in [9.17, 15) is 0 Å². The van der Waals surface area contributed by atoms with Crippen LogP contribution in [0.5, 0.6) is 0 Å². The summed E-state index contributed by atoms with van der Waals surface area (Å²) in [7, 11) is 0. The van der Waals surface area contributed by atoms with Gasteiger partial charge in [0.25, 0.3) is 0 Å². The summed E-state index contributed by atoms with van der Waals surface area (Å²) in [5.41, 5.74) is 2.00. The van der Waals surface area contributed by atoms with Gasteiger partial charge in [0.15, 0.2) is 5.60 Å². The van der Waals surface area contributed by atoms with Crippen LogP contribution in [0.25, 0.3) is 0 Å². The lowest BCUT2D eigenvalue weighted by Crippen LogP contribution is -2.13. The Kier molecular flexibility index (Phi) is 2.13. The molecule has 0 unspecified atom stereocenters. The summed E-state index contributed by atoms with van der Waals surface area (Å²) in [6.07, 6.45) is 0.223. The first-order chi connectivity index (χ1) is 7.73. The fourth-order valence-electron chi connectivity index (χ4n) is 2.11. The van der Waals surface area contributed by atoms with Crippen LogP contribution in [0.1, 0.15) is 23.2 Å². The van der Waals surface area contributed by atoms with Crippen molar-refractivity contribution in [2.45, 2.75) is 25.6 Å². The third kappa shape index (κ3) is 1.32. The minimum Gasteiger partial charge on any atom is -0.353 e. The number of rotatable bonds is 2. The van der Waals surface area contributed by atoms with Gasteiger partial charge in [0, 0.05) is 11.1 Å². The van der Waals surface area contributed by atoms with Crippen molar-refractivity contribution in [3.05, 3.63) is 52.0 Å². The van der Waals surface area contributed by atoms with E-state index in [0.717, 1.165) is 10.7 Å². The third-order valence-corrected chi connectivity index (χ3v) is 4.09. The Bertz CT molecular complexity index is 508. The second kappa shape index (κ2) is 3.40. The molecule has 1 saturated heterocycles. The van der Waals surface area contributed by atoms with Crippen molar-refractivity contribution in [1.29, 1.82) is 0 Å². The van der Waals surface area contributed by atoms with Crippen LogP contribution in [-0.4, -0.2) is 11.1 Å². The lowest BCUT2D eigenvalue weighted by atomic mass is 9.97. The number of benzene rings is 1. The summed E-state index contributed by atoms with van der Waals surface area (Å²) in [5.74, 6) is 0. The normalized spacial score (nSPS) is 28.0. The standard InChI is InChI=1S/C13H13NOS/c1-9-8-16-12(14-9)13(10(2)15-13)11-6-4-3-5-7-11/h3-8,10H,1-2H3/t10-,13+/m0/s1. The van der Waals surface area contributed by atoms with E-state index in [4.69, 9.17) is 4.74 Å². The van der Waals surface area contributed by atoms with Gasteiger partial charge in [-0.1, -0.05) is 30.3 Å². The third-order valence-electron chi connectivity index (χ3n) is 3.02. The molecule has 2 aromatic rings. The quantitative estimate of drug-likeness (QED) is 0.742. The maximum atomic E-state index is 5.84. The zero-order chi connectivity index (χ0) is 11.2. The Morgan fingerprint density at radius 2 is 2.00 bits per heavy atom. The van der Waals surface area contributed by atoms with Crippen molar-refractivity contribution in [1.82, 2.24) is 4.98 Å². The minimum absolute atomic E-state index is 0.223. The van der Waals surface area contributed by atoms with Crippen molar-refractivity contribution >= 4 is 11.3 Å². The zero-order valence-electron chi connectivity index (χ0n) is 9.31. The number of aryl methyl sites for hydroxylation is 1. The number of ether oxygens (including phenoxy) is 1. The molecule has 3 rings (SSSR count). The van der Waals surface area contributed by atoms with Crippen LogP contribution in [0.3, 0.4) is 0 Å². The van der Waals surface area contributed by atoms with Crippen molar-refractivity contribution in [3.8, 4) is 0 Å². The molecule has 1 aromatic heterocycles. The van der Waals surface area contributed by atoms with Gasteiger partial charge in [-0.15, -0.1) is 11.3 Å². The van der Waals surface area contributed by atoms with E-state index in [1.807, 2.05) is 25.1 Å². The Labute approximate surface area is 98.9 Å². The molecule has 3 heteroatoms. The van der Waals surface area contributed by atoms with Crippen LogP contribution in [-0.2, 0) is 10.3 Å². The first-order valence-corrected chi connectivity index (χ1v) is 6.27. The summed E-state index contributed by atoms with van der Waals surface area (Å²) in [5, 5.41) is 3.15. The van der Waals surface area contributed by atoms with Crippen molar-refractivity contribution in [3.63, 3.8) is 0 Å². The van der Waals surface area contributed by atoms with Crippen LogP contribution in [0.2, 0.25) is 0 Å². The largest absolute Gasteiger partial charge is 0.353 e. The van der Waals surface area contributed by atoms with Gasteiger partial charge in [0.2, 0.25) is 0 Å². The number of epoxide rings is 1. The highest BCUT2D eigenvalue weighted by Crippen LogP contribution is 2.52. The average Bonchev–Trinajstić information content (AvgIpc) is 2.79. The Hall–Kier alpha value is -1.19. The average molecular weight is 231 g/mol. The van der Waals surface area contributed by atoms with Crippen LogP contribution in [0, 0.1) is 6.92 Å². The monoisotopic (exact) mass is 231 g/mol. The SMILES string of the molecule is Cc1csc([C@@]2(c3ccccc3)O[C@H]2C)n1. The van der Waals surface area contributed by atoms with Crippen molar-refractivity contribution in [2.24, 2.45) is 0 Å². The highest BCUT2D eigenvalue weighted by atomic mass is 32.1. The molecule has 1 aliphatic heterocycles. The molecule has 82 valence electrons. The van der Waals surface area contributed by atoms with Gasteiger partial charge in [-0.05, 0) is 19.4 Å². The molecular formula is C13H13NOS. The minimum atomic E-state index is -0.278. The predicted octanol–water partition coefficient (Wildman–Crippen LogP) is 3.11. The van der Waals surface area contributed by atoms with Crippen LogP contribution in [0.4, 0.5) is 0 Å². The number of hydrogen-bond donors (Lipinski definition) is 0. The van der Waals surface area contributed by atoms with E-state index in [0.29, 0.717) is 0 Å². The molecule has 1 fully saturated rings. The van der Waals surface area contributed by atoms with Crippen LogP contribution < -0.4 is 0 Å². The number of aromatic nitrogens is 1. The summed E-state index contributed by atoms with van der Waals surface area (Å²) in [4.78, 5) is 4.57. The molecule has 0 bridgehead atoms. The molecule has 1 aromatic carbocycles. The molecule has 0 aliphatic carbocycles. The molecule has 1 aliphatic rings. The topological polar surface area (TPSA) is 25.4 Å². The molecule has 2 heterocycles. The second-order valence-corrected chi connectivity index (χ2v) is 5.01. The molecule has 16 heavy (non-hydrogen) atoms. The summed E-state index contributed by atoms with van der Waals surface area (Å²) < 4.78 is 5.84. The van der Waals surface area contributed by atoms with E-state index in [-0.39, 0.29) is 11.7 Å². The van der Waals surface area contributed by atoms with Gasteiger partial charge in [-0.2, -0.15) is 0 Å². The number of thiazole rings is 1. The summed E-state index contributed by atoms with van der Waals surface area (Å²) in [6.45, 7) is 4.12. The number of hydrogen-bond acceptors (Lipinski definition) is 3. The molecule has 0 radical (unpaired) electrons. The van der Waals surface area contributed by atoms with E-state index in [1.54, 1.807) is 11.3 Å².